The largest absolute Gasteiger partial charge is 0.208 e. The van der Waals surface area contributed by atoms with E-state index in [4.69, 9.17) is 15.0 Å². The first-order valence-electron chi connectivity index (χ1n) is 21.0. The third kappa shape index (κ3) is 4.75. The molecule has 1 spiro atoms. The number of hydrogen-bond donors (Lipinski definition) is 0. The molecule has 1 fully saturated rings. The molecule has 1 heterocycles. The molecular weight excluding hydrogens is 727 g/mol. The molecule has 0 N–H and O–H groups in total. The summed E-state index contributed by atoms with van der Waals surface area (Å²) in [6.07, 6.45) is 6.03. The molecule has 4 aliphatic rings. The van der Waals surface area contributed by atoms with Gasteiger partial charge in [0.15, 0.2) is 17.5 Å². The SMILES string of the molecule is C1=C2C(=CC1)[C@@]13c4cc(-c5ccc(-c6ccc(-c7nc(-c8ccccc8)nc(-c8ccc(-c9cccc%10ccccc9%10)cc8)n7)cc6)cc5)ccc4C1c1ccccc1C23. The number of rotatable bonds is 6. The summed E-state index contributed by atoms with van der Waals surface area (Å²) in [5, 5.41) is 2.47. The predicted molar refractivity (Wildman–Crippen MR) is 243 cm³/mol. The Morgan fingerprint density at radius 1 is 0.383 bits per heavy atom. The van der Waals surface area contributed by atoms with Crippen molar-refractivity contribution in [1.82, 2.24) is 15.0 Å². The first-order valence-corrected chi connectivity index (χ1v) is 21.0. The number of nitrogens with zero attached hydrogens (tertiary/aromatic N) is 3. The average molecular weight is 764 g/mol. The van der Waals surface area contributed by atoms with Gasteiger partial charge in [-0.1, -0.05) is 194 Å². The summed E-state index contributed by atoms with van der Waals surface area (Å²) in [5.41, 5.74) is 19.5. The van der Waals surface area contributed by atoms with Crippen LogP contribution in [0.15, 0.2) is 211 Å². The van der Waals surface area contributed by atoms with Crippen molar-refractivity contribution in [3.8, 4) is 67.5 Å². The third-order valence-corrected chi connectivity index (χ3v) is 13.7. The highest BCUT2D eigenvalue weighted by atomic mass is 15.0. The minimum Gasteiger partial charge on any atom is -0.208 e. The molecule has 0 amide bonds. The summed E-state index contributed by atoms with van der Waals surface area (Å²) in [5.74, 6) is 2.94. The lowest BCUT2D eigenvalue weighted by atomic mass is 9.41. The summed E-state index contributed by atoms with van der Waals surface area (Å²) < 4.78 is 0. The van der Waals surface area contributed by atoms with Crippen LogP contribution in [0, 0.1) is 0 Å². The van der Waals surface area contributed by atoms with Crippen LogP contribution in [-0.2, 0) is 5.41 Å². The molecule has 280 valence electrons. The highest BCUT2D eigenvalue weighted by Gasteiger charge is 2.71. The van der Waals surface area contributed by atoms with Crippen LogP contribution in [0.25, 0.3) is 78.3 Å². The van der Waals surface area contributed by atoms with Crippen LogP contribution in [0.5, 0.6) is 0 Å². The monoisotopic (exact) mass is 763 g/mol. The van der Waals surface area contributed by atoms with E-state index in [1.807, 2.05) is 18.2 Å². The van der Waals surface area contributed by atoms with Crippen molar-refractivity contribution in [2.24, 2.45) is 0 Å². The van der Waals surface area contributed by atoms with Crippen molar-refractivity contribution in [2.75, 3.05) is 0 Å². The highest BCUT2D eigenvalue weighted by Crippen LogP contribution is 2.80. The fourth-order valence-corrected chi connectivity index (χ4v) is 11.0. The number of allylic oxidation sites excluding steroid dienone is 4. The second kappa shape index (κ2) is 12.8. The predicted octanol–water partition coefficient (Wildman–Crippen LogP) is 13.8. The van der Waals surface area contributed by atoms with E-state index < -0.39 is 0 Å². The van der Waals surface area contributed by atoms with Crippen LogP contribution in [0.1, 0.15) is 40.5 Å². The molecule has 0 bridgehead atoms. The van der Waals surface area contributed by atoms with Crippen LogP contribution in [0.4, 0.5) is 0 Å². The van der Waals surface area contributed by atoms with E-state index in [0.29, 0.717) is 29.3 Å². The van der Waals surface area contributed by atoms with E-state index in [2.05, 4.69) is 182 Å². The molecule has 0 radical (unpaired) electrons. The smallest absolute Gasteiger partial charge is 0.164 e. The minimum atomic E-state index is 0.128. The standard InChI is InChI=1S/C57H37N3/c1-2-11-40(12-3-1)54-58-55(60-56(59-54)42-30-26-39(27-31-42)45-17-8-13-38-10-4-5-14-44(38)45)41-28-24-36(25-29-41)35-20-22-37(23-21-35)43-32-33-49-51(34-43)57-50-19-9-18-48(50)52(57)46-15-6-7-16-47(46)53(49)57/h1-8,10-34,52-53H,9H2/t52?,53?,57-/m0/s1. The number of aromatic nitrogens is 3. The van der Waals surface area contributed by atoms with E-state index in [-0.39, 0.29) is 5.41 Å². The maximum absolute atomic E-state index is 5.05. The molecule has 8 aromatic carbocycles. The molecule has 0 aliphatic heterocycles. The third-order valence-electron chi connectivity index (χ3n) is 13.7. The Morgan fingerprint density at radius 2 is 0.900 bits per heavy atom. The van der Waals surface area contributed by atoms with Crippen LogP contribution < -0.4 is 0 Å². The zero-order chi connectivity index (χ0) is 39.4. The minimum absolute atomic E-state index is 0.128. The van der Waals surface area contributed by atoms with E-state index >= 15 is 0 Å². The van der Waals surface area contributed by atoms with Crippen LogP contribution in [0.2, 0.25) is 0 Å². The summed E-state index contributed by atoms with van der Waals surface area (Å²) in [6.45, 7) is 0. The molecule has 3 heteroatoms. The maximum Gasteiger partial charge on any atom is 0.164 e. The van der Waals surface area contributed by atoms with Gasteiger partial charge >= 0.3 is 0 Å². The highest BCUT2D eigenvalue weighted by molar-refractivity contribution is 5.97. The fraction of sp³-hybridized carbons (Fsp3) is 0.0702. The Balaban J connectivity index is 0.799. The summed E-state index contributed by atoms with van der Waals surface area (Å²) in [4.78, 5) is 15.0. The molecule has 9 aromatic rings. The summed E-state index contributed by atoms with van der Waals surface area (Å²) >= 11 is 0. The molecule has 3 atom stereocenters. The van der Waals surface area contributed by atoms with E-state index in [1.54, 1.807) is 11.1 Å². The van der Waals surface area contributed by atoms with Gasteiger partial charge < -0.3 is 0 Å². The van der Waals surface area contributed by atoms with Crippen molar-refractivity contribution >= 4 is 10.8 Å². The Bertz CT molecular complexity index is 3260. The van der Waals surface area contributed by atoms with Gasteiger partial charge in [0.2, 0.25) is 0 Å². The molecule has 4 aliphatic carbocycles. The van der Waals surface area contributed by atoms with Crippen molar-refractivity contribution in [3.05, 3.63) is 234 Å². The average Bonchev–Trinajstić information content (AvgIpc) is 3.82. The van der Waals surface area contributed by atoms with Gasteiger partial charge in [0.1, 0.15) is 0 Å². The zero-order valence-electron chi connectivity index (χ0n) is 32.8. The topological polar surface area (TPSA) is 38.7 Å². The van der Waals surface area contributed by atoms with Gasteiger partial charge in [-0.05, 0) is 90.0 Å². The van der Waals surface area contributed by atoms with Gasteiger partial charge in [0, 0.05) is 33.9 Å². The zero-order valence-corrected chi connectivity index (χ0v) is 32.8. The Hall–Kier alpha value is -7.49. The van der Waals surface area contributed by atoms with Gasteiger partial charge in [-0.2, -0.15) is 0 Å². The van der Waals surface area contributed by atoms with Crippen molar-refractivity contribution in [1.29, 1.82) is 0 Å². The molecule has 0 saturated heterocycles. The second-order valence-electron chi connectivity index (χ2n) is 16.6. The van der Waals surface area contributed by atoms with Gasteiger partial charge in [0.25, 0.3) is 0 Å². The van der Waals surface area contributed by atoms with Gasteiger partial charge in [-0.25, -0.2) is 15.0 Å². The molecule has 2 unspecified atom stereocenters. The van der Waals surface area contributed by atoms with Crippen LogP contribution in [0.3, 0.4) is 0 Å². The molecule has 1 aromatic heterocycles. The van der Waals surface area contributed by atoms with Crippen LogP contribution >= 0.6 is 0 Å². The van der Waals surface area contributed by atoms with E-state index in [1.165, 1.54) is 55.3 Å². The molecule has 13 rings (SSSR count). The van der Waals surface area contributed by atoms with Crippen molar-refractivity contribution in [3.63, 3.8) is 0 Å². The quantitative estimate of drug-likeness (QED) is 0.169. The lowest BCUT2D eigenvalue weighted by Crippen LogP contribution is -2.53. The Labute approximate surface area is 349 Å². The first kappa shape index (κ1) is 33.5. The molecule has 1 saturated carbocycles. The number of benzene rings is 8. The Kier molecular flexibility index (Phi) is 7.12. The summed E-state index contributed by atoms with van der Waals surface area (Å²) in [7, 11) is 0. The second-order valence-corrected chi connectivity index (χ2v) is 16.6. The van der Waals surface area contributed by atoms with Gasteiger partial charge in [-0.3, -0.25) is 0 Å². The molecule has 3 nitrogen and oxygen atoms in total. The summed E-state index contributed by atoms with van der Waals surface area (Å²) in [6, 6.07) is 67.8. The van der Waals surface area contributed by atoms with Crippen molar-refractivity contribution in [2.45, 2.75) is 23.7 Å². The van der Waals surface area contributed by atoms with Gasteiger partial charge in [-0.15, -0.1) is 0 Å². The van der Waals surface area contributed by atoms with Crippen molar-refractivity contribution < 1.29 is 0 Å². The first-order chi connectivity index (χ1) is 29.7. The number of fused-ring (bicyclic) bond motifs is 8. The Morgan fingerprint density at radius 3 is 1.58 bits per heavy atom. The van der Waals surface area contributed by atoms with Crippen LogP contribution in [-0.4, -0.2) is 15.0 Å². The maximum atomic E-state index is 5.05. The normalized spacial score (nSPS) is 18.9. The molecule has 60 heavy (non-hydrogen) atoms. The van der Waals surface area contributed by atoms with Gasteiger partial charge in [0.05, 0.1) is 0 Å². The molecular formula is C57H37N3. The van der Waals surface area contributed by atoms with E-state index in [0.717, 1.165) is 34.2 Å². The number of hydrogen-bond acceptors (Lipinski definition) is 3. The van der Waals surface area contributed by atoms with E-state index in [9.17, 15) is 0 Å². The fourth-order valence-electron chi connectivity index (χ4n) is 11.0. The lowest BCUT2D eigenvalue weighted by Gasteiger charge is -2.60. The lowest BCUT2D eigenvalue weighted by molar-refractivity contribution is 0.322.